The van der Waals surface area contributed by atoms with Crippen LogP contribution in [0.4, 0.5) is 13.2 Å². The number of nitrogens with one attached hydrogen (secondary N) is 1. The Morgan fingerprint density at radius 2 is 2.00 bits per heavy atom. The van der Waals surface area contributed by atoms with E-state index in [1.54, 1.807) is 6.92 Å². The summed E-state index contributed by atoms with van der Waals surface area (Å²) in [5, 5.41) is 3.09. The van der Waals surface area contributed by atoms with Gasteiger partial charge in [-0.2, -0.15) is 13.2 Å². The van der Waals surface area contributed by atoms with Crippen LogP contribution in [0.2, 0.25) is 0 Å². The lowest BCUT2D eigenvalue weighted by molar-refractivity contribution is -0.139. The first-order valence-corrected chi connectivity index (χ1v) is 5.88. The highest BCUT2D eigenvalue weighted by Crippen LogP contribution is 2.22. The minimum absolute atomic E-state index is 0.238. The van der Waals surface area contributed by atoms with Gasteiger partial charge in [-0.05, 0) is 46.3 Å². The second-order valence-corrected chi connectivity index (χ2v) is 4.82. The van der Waals surface area contributed by atoms with E-state index in [-0.39, 0.29) is 6.04 Å². The van der Waals surface area contributed by atoms with Crippen LogP contribution >= 0.6 is 0 Å². The predicted molar refractivity (Wildman–Crippen MR) is 58.4 cm³/mol. The zero-order chi connectivity index (χ0) is 12.2. The Morgan fingerprint density at radius 1 is 1.31 bits per heavy atom. The Kier molecular flexibility index (Phi) is 5.05. The lowest BCUT2D eigenvalue weighted by atomic mass is 10.1. The minimum atomic E-state index is -4.06. The van der Waals surface area contributed by atoms with E-state index in [0.29, 0.717) is 0 Å². The SMILES string of the molecule is CC(CC(F)(F)F)NC1CCCN(C)CC1. The van der Waals surface area contributed by atoms with Crippen LogP contribution < -0.4 is 5.32 Å². The Morgan fingerprint density at radius 3 is 2.62 bits per heavy atom. The molecule has 5 heteroatoms. The molecular weight excluding hydrogens is 217 g/mol. The van der Waals surface area contributed by atoms with Crippen molar-refractivity contribution in [1.82, 2.24) is 10.2 Å². The molecule has 1 heterocycles. The molecule has 0 aromatic heterocycles. The Balaban J connectivity index is 2.30. The number of hydrogen-bond acceptors (Lipinski definition) is 2. The van der Waals surface area contributed by atoms with E-state index in [1.807, 2.05) is 0 Å². The number of nitrogens with zero attached hydrogens (tertiary/aromatic N) is 1. The summed E-state index contributed by atoms with van der Waals surface area (Å²) < 4.78 is 36.5. The maximum atomic E-state index is 12.2. The Bertz CT molecular complexity index is 206. The molecule has 0 aromatic rings. The molecule has 0 spiro atoms. The molecule has 1 N–H and O–H groups in total. The highest BCUT2D eigenvalue weighted by molar-refractivity contribution is 4.77. The van der Waals surface area contributed by atoms with Gasteiger partial charge in [-0.15, -0.1) is 0 Å². The Hall–Kier alpha value is -0.290. The lowest BCUT2D eigenvalue weighted by Crippen LogP contribution is -2.39. The fraction of sp³-hybridized carbons (Fsp3) is 1.00. The van der Waals surface area contributed by atoms with Gasteiger partial charge < -0.3 is 10.2 Å². The summed E-state index contributed by atoms with van der Waals surface area (Å²) in [7, 11) is 2.06. The first-order chi connectivity index (χ1) is 7.37. The van der Waals surface area contributed by atoms with Crippen molar-refractivity contribution in [3.63, 3.8) is 0 Å². The standard InChI is InChI=1S/C11H21F3N2/c1-9(8-11(12,13)14)15-10-4-3-6-16(2)7-5-10/h9-10,15H,3-8H2,1-2H3. The maximum absolute atomic E-state index is 12.2. The van der Waals surface area contributed by atoms with Crippen LogP contribution in [-0.2, 0) is 0 Å². The van der Waals surface area contributed by atoms with Crippen LogP contribution in [0.1, 0.15) is 32.6 Å². The zero-order valence-corrected chi connectivity index (χ0v) is 9.98. The van der Waals surface area contributed by atoms with Gasteiger partial charge in [-0.1, -0.05) is 0 Å². The van der Waals surface area contributed by atoms with Gasteiger partial charge in [-0.25, -0.2) is 0 Å². The fourth-order valence-electron chi connectivity index (χ4n) is 2.22. The smallest absolute Gasteiger partial charge is 0.311 e. The third-order valence-electron chi connectivity index (χ3n) is 3.01. The topological polar surface area (TPSA) is 15.3 Å². The quantitative estimate of drug-likeness (QED) is 0.812. The molecule has 96 valence electrons. The summed E-state index contributed by atoms with van der Waals surface area (Å²) in [4.78, 5) is 2.23. The number of likely N-dealkylation sites (tertiary alicyclic amines) is 1. The van der Waals surface area contributed by atoms with Crippen LogP contribution in [-0.4, -0.2) is 43.3 Å². The van der Waals surface area contributed by atoms with Gasteiger partial charge in [0.15, 0.2) is 0 Å². The van der Waals surface area contributed by atoms with E-state index in [4.69, 9.17) is 0 Å². The summed E-state index contributed by atoms with van der Waals surface area (Å²) in [5.74, 6) is 0. The van der Waals surface area contributed by atoms with Crippen molar-refractivity contribution in [2.45, 2.75) is 50.9 Å². The minimum Gasteiger partial charge on any atom is -0.311 e. The first-order valence-electron chi connectivity index (χ1n) is 5.88. The van der Waals surface area contributed by atoms with Crippen LogP contribution in [0.25, 0.3) is 0 Å². The molecule has 1 aliphatic rings. The summed E-state index contributed by atoms with van der Waals surface area (Å²) in [6, 6.07) is -0.240. The van der Waals surface area contributed by atoms with Gasteiger partial charge in [0, 0.05) is 12.1 Å². The molecule has 1 aliphatic heterocycles. The van der Waals surface area contributed by atoms with Crippen molar-refractivity contribution in [3.8, 4) is 0 Å². The molecule has 0 saturated carbocycles. The third kappa shape index (κ3) is 5.70. The van der Waals surface area contributed by atoms with Crippen LogP contribution in [0.3, 0.4) is 0 Å². The van der Waals surface area contributed by atoms with Crippen molar-refractivity contribution >= 4 is 0 Å². The lowest BCUT2D eigenvalue weighted by Gasteiger charge is -2.23. The van der Waals surface area contributed by atoms with Crippen molar-refractivity contribution in [2.24, 2.45) is 0 Å². The maximum Gasteiger partial charge on any atom is 0.390 e. The van der Waals surface area contributed by atoms with Gasteiger partial charge in [0.25, 0.3) is 0 Å². The molecule has 0 aliphatic carbocycles. The Labute approximate surface area is 95.2 Å². The number of hydrogen-bond donors (Lipinski definition) is 1. The molecule has 1 rings (SSSR count). The van der Waals surface area contributed by atoms with E-state index < -0.39 is 18.6 Å². The first kappa shape index (κ1) is 13.8. The monoisotopic (exact) mass is 238 g/mol. The predicted octanol–water partition coefficient (Wildman–Crippen LogP) is 2.40. The summed E-state index contributed by atoms with van der Waals surface area (Å²) >= 11 is 0. The van der Waals surface area contributed by atoms with Gasteiger partial charge in [0.1, 0.15) is 0 Å². The molecule has 2 unspecified atom stereocenters. The van der Waals surface area contributed by atoms with Gasteiger partial charge in [-0.3, -0.25) is 0 Å². The summed E-state index contributed by atoms with van der Waals surface area (Å²) in [6.45, 7) is 3.63. The number of halogens is 3. The number of rotatable bonds is 3. The summed E-state index contributed by atoms with van der Waals surface area (Å²) in [5.41, 5.74) is 0. The number of alkyl halides is 3. The molecule has 2 atom stereocenters. The fourth-order valence-corrected chi connectivity index (χ4v) is 2.22. The highest BCUT2D eigenvalue weighted by atomic mass is 19.4. The molecule has 0 radical (unpaired) electrons. The molecule has 1 fully saturated rings. The van der Waals surface area contributed by atoms with E-state index in [0.717, 1.165) is 32.4 Å². The average Bonchev–Trinajstić information content (AvgIpc) is 2.27. The second-order valence-electron chi connectivity index (χ2n) is 4.82. The molecular formula is C11H21F3N2. The van der Waals surface area contributed by atoms with Crippen molar-refractivity contribution in [2.75, 3.05) is 20.1 Å². The van der Waals surface area contributed by atoms with Crippen molar-refractivity contribution < 1.29 is 13.2 Å². The van der Waals surface area contributed by atoms with Crippen molar-refractivity contribution in [3.05, 3.63) is 0 Å². The molecule has 16 heavy (non-hydrogen) atoms. The third-order valence-corrected chi connectivity index (χ3v) is 3.01. The molecule has 1 saturated heterocycles. The van der Waals surface area contributed by atoms with E-state index in [2.05, 4.69) is 17.3 Å². The molecule has 2 nitrogen and oxygen atoms in total. The largest absolute Gasteiger partial charge is 0.390 e. The molecule has 0 bridgehead atoms. The van der Waals surface area contributed by atoms with Gasteiger partial charge in [0.2, 0.25) is 0 Å². The zero-order valence-electron chi connectivity index (χ0n) is 9.98. The van der Waals surface area contributed by atoms with Crippen LogP contribution in [0.5, 0.6) is 0 Å². The van der Waals surface area contributed by atoms with Crippen molar-refractivity contribution in [1.29, 1.82) is 0 Å². The molecule has 0 amide bonds. The summed E-state index contributed by atoms with van der Waals surface area (Å²) in [6.07, 6.45) is -1.81. The van der Waals surface area contributed by atoms with E-state index in [1.165, 1.54) is 0 Å². The normalized spacial score (nSPS) is 26.4. The highest BCUT2D eigenvalue weighted by Gasteiger charge is 2.30. The van der Waals surface area contributed by atoms with E-state index in [9.17, 15) is 13.2 Å². The second kappa shape index (κ2) is 5.87. The average molecular weight is 238 g/mol. The van der Waals surface area contributed by atoms with Gasteiger partial charge in [0.05, 0.1) is 6.42 Å². The van der Waals surface area contributed by atoms with Gasteiger partial charge >= 0.3 is 6.18 Å². The molecule has 0 aromatic carbocycles. The van der Waals surface area contributed by atoms with Crippen LogP contribution in [0.15, 0.2) is 0 Å². The van der Waals surface area contributed by atoms with Crippen LogP contribution in [0, 0.1) is 0 Å². The van der Waals surface area contributed by atoms with E-state index >= 15 is 0 Å².